The van der Waals surface area contributed by atoms with Crippen molar-refractivity contribution in [1.82, 2.24) is 5.32 Å². The van der Waals surface area contributed by atoms with Gasteiger partial charge in [-0.05, 0) is 54.2 Å². The molecular formula is C18H17BrFNO4S. The Bertz CT molecular complexity index is 987. The van der Waals surface area contributed by atoms with Gasteiger partial charge in [0.05, 0.1) is 11.3 Å². The van der Waals surface area contributed by atoms with Crippen LogP contribution in [0.4, 0.5) is 4.39 Å². The first-order valence-corrected chi connectivity index (χ1v) is 10.4. The van der Waals surface area contributed by atoms with Crippen LogP contribution >= 0.6 is 15.9 Å². The van der Waals surface area contributed by atoms with E-state index in [1.54, 1.807) is 0 Å². The molecule has 1 aliphatic rings. The van der Waals surface area contributed by atoms with Crippen LogP contribution in [0, 0.1) is 5.82 Å². The molecular weight excluding hydrogens is 425 g/mol. The summed E-state index contributed by atoms with van der Waals surface area (Å²) in [6.45, 7) is 0. The van der Waals surface area contributed by atoms with E-state index in [1.807, 2.05) is 0 Å². The lowest BCUT2D eigenvalue weighted by molar-refractivity contribution is 0.0958. The first-order chi connectivity index (χ1) is 12.2. The number of sulfone groups is 1. The van der Waals surface area contributed by atoms with Gasteiger partial charge in [0.15, 0.2) is 9.84 Å². The van der Waals surface area contributed by atoms with E-state index in [2.05, 4.69) is 21.2 Å². The molecule has 0 aliphatic heterocycles. The van der Waals surface area contributed by atoms with E-state index in [1.165, 1.54) is 37.4 Å². The predicted molar refractivity (Wildman–Crippen MR) is 98.5 cm³/mol. The lowest BCUT2D eigenvalue weighted by Crippen LogP contribution is -2.20. The minimum Gasteiger partial charge on any atom is -0.507 e. The number of phenolic OH excluding ortho intramolecular Hbond substituents is 1. The number of carbonyl (C=O) groups is 1. The van der Waals surface area contributed by atoms with Crippen molar-refractivity contribution in [3.63, 3.8) is 0 Å². The Morgan fingerprint density at radius 2 is 2.00 bits per heavy atom. The first-order valence-electron chi connectivity index (χ1n) is 7.98. The number of aromatic hydroxyl groups is 1. The molecule has 8 heteroatoms. The zero-order chi connectivity index (χ0) is 19.1. The molecule has 0 radical (unpaired) electrons. The molecule has 26 heavy (non-hydrogen) atoms. The number of carbonyl (C=O) groups excluding carboxylic acids is 1. The minimum absolute atomic E-state index is 0.0142. The van der Waals surface area contributed by atoms with Gasteiger partial charge in [-0.15, -0.1) is 0 Å². The minimum atomic E-state index is -3.88. The third kappa shape index (κ3) is 3.76. The second kappa shape index (κ2) is 7.00. The van der Waals surface area contributed by atoms with Crippen molar-refractivity contribution in [2.45, 2.75) is 29.4 Å². The normalized spacial score (nSPS) is 14.3. The lowest BCUT2D eigenvalue weighted by Gasteiger charge is -2.12. The SMILES string of the molecule is CNC(=O)c1cc(CS(=O)(=O)c2cc(Br)ccc2O)cc(C2CC2)c1F. The van der Waals surface area contributed by atoms with Gasteiger partial charge in [-0.3, -0.25) is 4.79 Å². The maximum Gasteiger partial charge on any atom is 0.254 e. The molecule has 0 saturated heterocycles. The zero-order valence-corrected chi connectivity index (χ0v) is 16.3. The van der Waals surface area contributed by atoms with Gasteiger partial charge in [-0.2, -0.15) is 0 Å². The van der Waals surface area contributed by atoms with Crippen molar-refractivity contribution >= 4 is 31.7 Å². The Kier molecular flexibility index (Phi) is 5.07. The summed E-state index contributed by atoms with van der Waals surface area (Å²) in [6, 6.07) is 6.89. The molecule has 1 saturated carbocycles. The van der Waals surface area contributed by atoms with E-state index >= 15 is 0 Å². The molecule has 2 N–H and O–H groups in total. The number of nitrogens with one attached hydrogen (secondary N) is 1. The second-order valence-electron chi connectivity index (χ2n) is 6.27. The molecule has 1 aliphatic carbocycles. The van der Waals surface area contributed by atoms with Gasteiger partial charge in [0.25, 0.3) is 5.91 Å². The molecule has 0 heterocycles. The van der Waals surface area contributed by atoms with E-state index in [4.69, 9.17) is 0 Å². The van der Waals surface area contributed by atoms with Crippen molar-refractivity contribution in [3.05, 3.63) is 57.3 Å². The molecule has 2 aromatic carbocycles. The van der Waals surface area contributed by atoms with Crippen LogP contribution in [0.3, 0.4) is 0 Å². The number of amides is 1. The molecule has 5 nitrogen and oxygen atoms in total. The second-order valence-corrected chi connectivity index (χ2v) is 9.14. The van der Waals surface area contributed by atoms with Crippen molar-refractivity contribution in [2.24, 2.45) is 0 Å². The molecule has 2 aromatic rings. The summed E-state index contributed by atoms with van der Waals surface area (Å²) in [5.41, 5.74) is 0.515. The highest BCUT2D eigenvalue weighted by atomic mass is 79.9. The molecule has 0 unspecified atom stereocenters. The van der Waals surface area contributed by atoms with E-state index < -0.39 is 27.3 Å². The third-order valence-electron chi connectivity index (χ3n) is 4.26. The predicted octanol–water partition coefficient (Wildman–Crippen LogP) is 3.50. The van der Waals surface area contributed by atoms with E-state index in [0.29, 0.717) is 15.6 Å². The number of hydrogen-bond acceptors (Lipinski definition) is 4. The number of phenols is 1. The van der Waals surface area contributed by atoms with E-state index in [9.17, 15) is 22.7 Å². The van der Waals surface area contributed by atoms with Crippen molar-refractivity contribution in [2.75, 3.05) is 7.05 Å². The van der Waals surface area contributed by atoms with Crippen LogP contribution in [0.25, 0.3) is 0 Å². The number of rotatable bonds is 5. The third-order valence-corrected chi connectivity index (χ3v) is 6.47. The summed E-state index contributed by atoms with van der Waals surface area (Å²) in [4.78, 5) is 11.8. The van der Waals surface area contributed by atoms with Crippen LogP contribution < -0.4 is 5.32 Å². The Balaban J connectivity index is 2.05. The summed E-state index contributed by atoms with van der Waals surface area (Å²) in [6.07, 6.45) is 1.62. The molecule has 0 aromatic heterocycles. The van der Waals surface area contributed by atoms with Crippen LogP contribution in [-0.4, -0.2) is 26.5 Å². The van der Waals surface area contributed by atoms with Crippen molar-refractivity contribution < 1.29 is 22.7 Å². The average Bonchev–Trinajstić information content (AvgIpc) is 3.42. The standard InChI is InChI=1S/C18H17BrFNO4S/c1-21-18(23)14-7-10(6-13(17(14)20)11-2-3-11)9-26(24,25)16-8-12(19)4-5-15(16)22/h4-8,11,22H,2-3,9H2,1H3,(H,21,23). The lowest BCUT2D eigenvalue weighted by atomic mass is 10.0. The van der Waals surface area contributed by atoms with Crippen molar-refractivity contribution in [3.8, 4) is 5.75 Å². The largest absolute Gasteiger partial charge is 0.507 e. The average molecular weight is 442 g/mol. The molecule has 1 fully saturated rings. The Morgan fingerprint density at radius 3 is 2.62 bits per heavy atom. The fourth-order valence-electron chi connectivity index (χ4n) is 2.82. The van der Waals surface area contributed by atoms with Gasteiger partial charge in [0.2, 0.25) is 0 Å². The number of halogens is 2. The maximum atomic E-state index is 14.6. The van der Waals surface area contributed by atoms with Crippen LogP contribution in [-0.2, 0) is 15.6 Å². The summed E-state index contributed by atoms with van der Waals surface area (Å²) in [5.74, 6) is -1.99. The highest BCUT2D eigenvalue weighted by molar-refractivity contribution is 9.10. The molecule has 3 rings (SSSR count). The molecule has 138 valence electrons. The maximum absolute atomic E-state index is 14.6. The highest BCUT2D eigenvalue weighted by Gasteiger charge is 2.30. The molecule has 0 atom stereocenters. The van der Waals surface area contributed by atoms with Gasteiger partial charge in [0, 0.05) is 11.5 Å². The quantitative estimate of drug-likeness (QED) is 0.743. The fourth-order valence-corrected chi connectivity index (χ4v) is 4.78. The van der Waals surface area contributed by atoms with Crippen LogP contribution in [0.5, 0.6) is 5.75 Å². The van der Waals surface area contributed by atoms with Crippen LogP contribution in [0.2, 0.25) is 0 Å². The summed E-state index contributed by atoms with van der Waals surface area (Å²) in [5, 5.41) is 12.3. The molecule has 0 bridgehead atoms. The van der Waals surface area contributed by atoms with Crippen LogP contribution in [0.1, 0.15) is 40.2 Å². The summed E-state index contributed by atoms with van der Waals surface area (Å²) < 4.78 is 40.6. The Hall–Kier alpha value is -1.93. The number of benzene rings is 2. The van der Waals surface area contributed by atoms with Crippen LogP contribution in [0.15, 0.2) is 39.7 Å². The molecule has 0 spiro atoms. The smallest absolute Gasteiger partial charge is 0.254 e. The van der Waals surface area contributed by atoms with Gasteiger partial charge < -0.3 is 10.4 Å². The molecule has 1 amide bonds. The monoisotopic (exact) mass is 441 g/mol. The highest BCUT2D eigenvalue weighted by Crippen LogP contribution is 2.42. The summed E-state index contributed by atoms with van der Waals surface area (Å²) >= 11 is 3.18. The van der Waals surface area contributed by atoms with Gasteiger partial charge >= 0.3 is 0 Å². The topological polar surface area (TPSA) is 83.5 Å². The summed E-state index contributed by atoms with van der Waals surface area (Å²) in [7, 11) is -2.49. The van der Waals surface area contributed by atoms with Gasteiger partial charge in [0.1, 0.15) is 16.5 Å². The Morgan fingerprint density at radius 1 is 1.31 bits per heavy atom. The fraction of sp³-hybridized carbons (Fsp3) is 0.278. The zero-order valence-electron chi connectivity index (χ0n) is 13.9. The Labute approximate surface area is 159 Å². The van der Waals surface area contributed by atoms with Gasteiger partial charge in [-0.1, -0.05) is 22.0 Å². The van der Waals surface area contributed by atoms with Crippen molar-refractivity contribution in [1.29, 1.82) is 0 Å². The van der Waals surface area contributed by atoms with Gasteiger partial charge in [-0.25, -0.2) is 12.8 Å². The van der Waals surface area contributed by atoms with E-state index in [0.717, 1.165) is 12.8 Å². The first kappa shape index (κ1) is 18.8. The van der Waals surface area contributed by atoms with E-state index in [-0.39, 0.29) is 22.1 Å². The number of hydrogen-bond donors (Lipinski definition) is 2.